The summed E-state index contributed by atoms with van der Waals surface area (Å²) in [5, 5.41) is 10.6. The van der Waals surface area contributed by atoms with Crippen molar-refractivity contribution >= 4 is 5.78 Å². The van der Waals surface area contributed by atoms with Gasteiger partial charge in [-0.05, 0) is 73.0 Å². The van der Waals surface area contributed by atoms with Crippen molar-refractivity contribution in [3.63, 3.8) is 0 Å². The third-order valence-corrected chi connectivity index (χ3v) is 8.39. The molecule has 22 heavy (non-hydrogen) atoms. The van der Waals surface area contributed by atoms with Crippen LogP contribution in [0, 0.1) is 34.5 Å². The number of carbonyl (C=O) groups is 1. The van der Waals surface area contributed by atoms with Crippen LogP contribution in [0.25, 0.3) is 0 Å². The molecule has 0 bridgehead atoms. The van der Waals surface area contributed by atoms with Crippen molar-refractivity contribution < 1.29 is 9.90 Å². The Morgan fingerprint density at radius 3 is 2.64 bits per heavy atom. The molecule has 126 valence electrons. The molecule has 7 atom stereocenters. The molecule has 0 saturated heterocycles. The van der Waals surface area contributed by atoms with Crippen molar-refractivity contribution in [2.75, 3.05) is 0 Å². The molecular weight excluding hydrogens is 272 g/mol. The highest BCUT2D eigenvalue weighted by molar-refractivity contribution is 5.79. The largest absolute Gasteiger partial charge is 0.393 e. The second-order valence-corrected chi connectivity index (χ2v) is 9.05. The van der Waals surface area contributed by atoms with E-state index in [1.807, 2.05) is 0 Å². The van der Waals surface area contributed by atoms with E-state index in [0.717, 1.165) is 43.9 Å². The van der Waals surface area contributed by atoms with Crippen LogP contribution in [0.4, 0.5) is 0 Å². The minimum atomic E-state index is -0.165. The van der Waals surface area contributed by atoms with Crippen molar-refractivity contribution in [3.8, 4) is 0 Å². The van der Waals surface area contributed by atoms with Gasteiger partial charge in [0.15, 0.2) is 0 Å². The van der Waals surface area contributed by atoms with Crippen molar-refractivity contribution in [2.24, 2.45) is 34.5 Å². The van der Waals surface area contributed by atoms with Crippen LogP contribution in [-0.2, 0) is 4.79 Å². The second-order valence-electron chi connectivity index (χ2n) is 9.05. The first-order valence-electron chi connectivity index (χ1n) is 9.52. The Balaban J connectivity index is 1.85. The number of aliphatic hydroxyl groups excluding tert-OH is 1. The standard InChI is InChI=1S/C20H34O2/c1-5-18(22)19(3)11-9-17-16(13(19)2)7-6-14-12-15(21)8-10-20(14,17)4/h13-14,16-18,22H,5-12H2,1-4H3. The Kier molecular flexibility index (Phi) is 4.21. The highest BCUT2D eigenvalue weighted by atomic mass is 16.3. The summed E-state index contributed by atoms with van der Waals surface area (Å²) in [4.78, 5) is 11.9. The minimum Gasteiger partial charge on any atom is -0.393 e. The van der Waals surface area contributed by atoms with Gasteiger partial charge in [0.05, 0.1) is 6.10 Å². The smallest absolute Gasteiger partial charge is 0.133 e. The van der Waals surface area contributed by atoms with E-state index in [4.69, 9.17) is 0 Å². The van der Waals surface area contributed by atoms with Crippen LogP contribution in [0.2, 0.25) is 0 Å². The fraction of sp³-hybridized carbons (Fsp3) is 0.950. The van der Waals surface area contributed by atoms with Gasteiger partial charge in [-0.2, -0.15) is 0 Å². The Morgan fingerprint density at radius 1 is 1.23 bits per heavy atom. The third kappa shape index (κ3) is 2.28. The number of ketones is 1. The third-order valence-electron chi connectivity index (χ3n) is 8.39. The first-order chi connectivity index (χ1) is 10.3. The van der Waals surface area contributed by atoms with E-state index < -0.39 is 0 Å². The lowest BCUT2D eigenvalue weighted by Gasteiger charge is -2.61. The van der Waals surface area contributed by atoms with Crippen LogP contribution in [0.15, 0.2) is 0 Å². The molecule has 0 radical (unpaired) electrons. The summed E-state index contributed by atoms with van der Waals surface area (Å²) in [5.41, 5.74) is 0.465. The van der Waals surface area contributed by atoms with Crippen LogP contribution in [0.1, 0.15) is 79.1 Å². The van der Waals surface area contributed by atoms with E-state index >= 15 is 0 Å². The Labute approximate surface area is 136 Å². The molecule has 7 unspecified atom stereocenters. The molecule has 1 N–H and O–H groups in total. The van der Waals surface area contributed by atoms with Gasteiger partial charge >= 0.3 is 0 Å². The predicted octanol–water partition coefficient (Wildman–Crippen LogP) is 4.60. The number of carbonyl (C=O) groups excluding carboxylic acids is 1. The maximum absolute atomic E-state index is 11.9. The van der Waals surface area contributed by atoms with E-state index in [0.29, 0.717) is 23.0 Å². The quantitative estimate of drug-likeness (QED) is 0.810. The summed E-state index contributed by atoms with van der Waals surface area (Å²) in [6.45, 7) is 9.31. The van der Waals surface area contributed by atoms with E-state index in [1.54, 1.807) is 0 Å². The van der Waals surface area contributed by atoms with Crippen LogP contribution in [-0.4, -0.2) is 17.0 Å². The molecule has 0 spiro atoms. The Bertz CT molecular complexity index is 445. The SMILES string of the molecule is CCC(O)C1(C)CCC2C(CCC3CC(=O)CCC32C)C1C. The summed E-state index contributed by atoms with van der Waals surface area (Å²) >= 11 is 0. The Morgan fingerprint density at radius 2 is 1.95 bits per heavy atom. The van der Waals surface area contributed by atoms with Crippen LogP contribution >= 0.6 is 0 Å². The number of aliphatic hydroxyl groups is 1. The molecule has 0 aromatic heterocycles. The topological polar surface area (TPSA) is 37.3 Å². The number of hydrogen-bond acceptors (Lipinski definition) is 2. The van der Waals surface area contributed by atoms with Gasteiger partial charge in [-0.15, -0.1) is 0 Å². The molecule has 2 heteroatoms. The lowest BCUT2D eigenvalue weighted by atomic mass is 9.44. The van der Waals surface area contributed by atoms with Crippen LogP contribution in [0.3, 0.4) is 0 Å². The fourth-order valence-corrected chi connectivity index (χ4v) is 6.49. The zero-order valence-corrected chi connectivity index (χ0v) is 14.9. The summed E-state index contributed by atoms with van der Waals surface area (Å²) in [6.07, 6.45) is 8.36. The lowest BCUT2D eigenvalue weighted by molar-refractivity contribution is -0.149. The van der Waals surface area contributed by atoms with Crippen LogP contribution < -0.4 is 0 Å². The molecular formula is C20H34O2. The average Bonchev–Trinajstić information content (AvgIpc) is 2.50. The van der Waals surface area contributed by atoms with E-state index in [9.17, 15) is 9.90 Å². The van der Waals surface area contributed by atoms with Crippen molar-refractivity contribution in [2.45, 2.75) is 85.2 Å². The first-order valence-corrected chi connectivity index (χ1v) is 9.52. The molecule has 3 fully saturated rings. The summed E-state index contributed by atoms with van der Waals surface area (Å²) in [5.74, 6) is 3.23. The molecule has 3 rings (SSSR count). The molecule has 0 aliphatic heterocycles. The molecule has 3 saturated carbocycles. The zero-order valence-electron chi connectivity index (χ0n) is 14.9. The Hall–Kier alpha value is -0.370. The molecule has 0 heterocycles. The fourth-order valence-electron chi connectivity index (χ4n) is 6.49. The lowest BCUT2D eigenvalue weighted by Crippen LogP contribution is -2.55. The van der Waals surface area contributed by atoms with Gasteiger partial charge in [0.2, 0.25) is 0 Å². The maximum atomic E-state index is 11.9. The van der Waals surface area contributed by atoms with E-state index in [-0.39, 0.29) is 11.5 Å². The number of Topliss-reactive ketones (excluding diaryl/α,β-unsaturated/α-hetero) is 1. The predicted molar refractivity (Wildman–Crippen MR) is 89.5 cm³/mol. The monoisotopic (exact) mass is 306 g/mol. The maximum Gasteiger partial charge on any atom is 0.133 e. The molecule has 0 aromatic carbocycles. The zero-order chi connectivity index (χ0) is 16.1. The van der Waals surface area contributed by atoms with Gasteiger partial charge in [0, 0.05) is 12.8 Å². The van der Waals surface area contributed by atoms with E-state index in [2.05, 4.69) is 27.7 Å². The first kappa shape index (κ1) is 16.5. The van der Waals surface area contributed by atoms with Gasteiger partial charge in [0.25, 0.3) is 0 Å². The van der Waals surface area contributed by atoms with Crippen LogP contribution in [0.5, 0.6) is 0 Å². The minimum absolute atomic E-state index is 0.0869. The summed E-state index contributed by atoms with van der Waals surface area (Å²) in [7, 11) is 0. The molecule has 3 aliphatic carbocycles. The van der Waals surface area contributed by atoms with Crippen molar-refractivity contribution in [3.05, 3.63) is 0 Å². The van der Waals surface area contributed by atoms with Gasteiger partial charge < -0.3 is 5.11 Å². The second kappa shape index (κ2) is 5.61. The summed E-state index contributed by atoms with van der Waals surface area (Å²) in [6, 6.07) is 0. The number of fused-ring (bicyclic) bond motifs is 3. The molecule has 3 aliphatic rings. The normalized spacial score (nSPS) is 50.1. The van der Waals surface area contributed by atoms with E-state index in [1.165, 1.54) is 19.3 Å². The number of hydrogen-bond donors (Lipinski definition) is 1. The highest BCUT2D eigenvalue weighted by Gasteiger charge is 2.56. The number of rotatable bonds is 2. The van der Waals surface area contributed by atoms with Gasteiger partial charge in [0.1, 0.15) is 5.78 Å². The van der Waals surface area contributed by atoms with Gasteiger partial charge in [-0.3, -0.25) is 4.79 Å². The highest BCUT2D eigenvalue weighted by Crippen LogP contribution is 2.63. The van der Waals surface area contributed by atoms with Crippen molar-refractivity contribution in [1.82, 2.24) is 0 Å². The van der Waals surface area contributed by atoms with Gasteiger partial charge in [-0.1, -0.05) is 27.7 Å². The van der Waals surface area contributed by atoms with Crippen molar-refractivity contribution in [1.29, 1.82) is 0 Å². The van der Waals surface area contributed by atoms with Gasteiger partial charge in [-0.25, -0.2) is 0 Å². The molecule has 2 nitrogen and oxygen atoms in total. The molecule has 0 aromatic rings. The average molecular weight is 306 g/mol. The molecule has 0 amide bonds. The summed E-state index contributed by atoms with van der Waals surface area (Å²) < 4.78 is 0.